The predicted octanol–water partition coefficient (Wildman–Crippen LogP) is 3.73. The molecule has 30 heavy (non-hydrogen) atoms. The van der Waals surface area contributed by atoms with Crippen molar-refractivity contribution in [3.8, 4) is 0 Å². The van der Waals surface area contributed by atoms with Gasteiger partial charge in [-0.15, -0.1) is 0 Å². The first-order valence-corrected chi connectivity index (χ1v) is 10.5. The molecular weight excluding hydrogens is 378 g/mol. The van der Waals surface area contributed by atoms with Crippen LogP contribution in [0.3, 0.4) is 0 Å². The lowest BCUT2D eigenvalue weighted by Gasteiger charge is -2.30. The van der Waals surface area contributed by atoms with Crippen LogP contribution in [0.2, 0.25) is 0 Å². The molecule has 0 aromatic heterocycles. The second-order valence-electron chi connectivity index (χ2n) is 8.13. The second kappa shape index (κ2) is 8.30. The Bertz CT molecular complexity index is 1000. The Balaban J connectivity index is 1.42. The molecule has 1 atom stereocenters. The molecule has 1 N–H and O–H groups in total. The number of hydrogen-bond acceptors (Lipinski definition) is 3. The van der Waals surface area contributed by atoms with E-state index in [1.165, 1.54) is 16.0 Å². The molecule has 1 saturated heterocycles. The summed E-state index contributed by atoms with van der Waals surface area (Å²) in [6.45, 7) is 4.88. The first kappa shape index (κ1) is 20.1. The average molecular weight is 405 g/mol. The standard InChI is InChI=1S/C24H27N3O3/c1-16-9-10-18(14-17(16)2)20-8-5-13-26(20)23(29)11-12-24(30)27-15-22(28)25-19-6-3-4-7-21(19)27/h3-4,6-7,9-10,14,20H,5,8,11-13,15H2,1-2H3,(H,25,28)/t20-/m1/s1. The van der Waals surface area contributed by atoms with Crippen LogP contribution >= 0.6 is 0 Å². The Labute approximate surface area is 176 Å². The fraction of sp³-hybridized carbons (Fsp3) is 0.375. The van der Waals surface area contributed by atoms with Crippen molar-refractivity contribution in [2.75, 3.05) is 23.3 Å². The van der Waals surface area contributed by atoms with E-state index in [0.29, 0.717) is 11.4 Å². The molecule has 0 saturated carbocycles. The third-order valence-electron chi connectivity index (χ3n) is 6.11. The minimum Gasteiger partial charge on any atom is -0.336 e. The van der Waals surface area contributed by atoms with Crippen molar-refractivity contribution < 1.29 is 14.4 Å². The van der Waals surface area contributed by atoms with Gasteiger partial charge in [0.1, 0.15) is 6.54 Å². The highest BCUT2D eigenvalue weighted by Crippen LogP contribution is 2.34. The lowest BCUT2D eigenvalue weighted by Crippen LogP contribution is -2.42. The van der Waals surface area contributed by atoms with Gasteiger partial charge in [-0.2, -0.15) is 0 Å². The lowest BCUT2D eigenvalue weighted by molar-refractivity contribution is -0.134. The van der Waals surface area contributed by atoms with E-state index in [2.05, 4.69) is 37.4 Å². The molecule has 2 aromatic carbocycles. The fourth-order valence-corrected chi connectivity index (χ4v) is 4.33. The molecule has 0 unspecified atom stereocenters. The van der Waals surface area contributed by atoms with Crippen LogP contribution in [0, 0.1) is 13.8 Å². The van der Waals surface area contributed by atoms with Gasteiger partial charge in [0.2, 0.25) is 17.7 Å². The molecule has 1 fully saturated rings. The first-order valence-electron chi connectivity index (χ1n) is 10.5. The number of aryl methyl sites for hydroxylation is 2. The van der Waals surface area contributed by atoms with Crippen LogP contribution in [-0.2, 0) is 14.4 Å². The number of likely N-dealkylation sites (tertiary alicyclic amines) is 1. The topological polar surface area (TPSA) is 69.7 Å². The van der Waals surface area contributed by atoms with Gasteiger partial charge in [0.15, 0.2) is 0 Å². The summed E-state index contributed by atoms with van der Waals surface area (Å²) in [5.74, 6) is -0.422. The van der Waals surface area contributed by atoms with Gasteiger partial charge in [-0.05, 0) is 55.5 Å². The van der Waals surface area contributed by atoms with E-state index in [1.807, 2.05) is 23.1 Å². The highest BCUT2D eigenvalue weighted by molar-refractivity contribution is 6.10. The second-order valence-corrected chi connectivity index (χ2v) is 8.13. The summed E-state index contributed by atoms with van der Waals surface area (Å²) in [5, 5.41) is 2.78. The molecule has 2 heterocycles. The van der Waals surface area contributed by atoms with Gasteiger partial charge < -0.3 is 15.1 Å². The summed E-state index contributed by atoms with van der Waals surface area (Å²) in [7, 11) is 0. The van der Waals surface area contributed by atoms with Gasteiger partial charge >= 0.3 is 0 Å². The SMILES string of the molecule is Cc1ccc([C@H]2CCCN2C(=O)CCC(=O)N2CC(=O)Nc3ccccc32)cc1C. The van der Waals surface area contributed by atoms with Gasteiger partial charge in [0, 0.05) is 19.4 Å². The number of benzene rings is 2. The number of carbonyl (C=O) groups excluding carboxylic acids is 3. The largest absolute Gasteiger partial charge is 0.336 e. The Morgan fingerprint density at radius 2 is 1.80 bits per heavy atom. The molecular formula is C24H27N3O3. The number of carbonyl (C=O) groups is 3. The fourth-order valence-electron chi connectivity index (χ4n) is 4.33. The van der Waals surface area contributed by atoms with E-state index >= 15 is 0 Å². The van der Waals surface area contributed by atoms with Gasteiger partial charge in [-0.25, -0.2) is 0 Å². The number of hydrogen-bond donors (Lipinski definition) is 1. The van der Waals surface area contributed by atoms with Crippen LogP contribution in [0.25, 0.3) is 0 Å². The van der Waals surface area contributed by atoms with Gasteiger partial charge in [0.05, 0.1) is 17.4 Å². The van der Waals surface area contributed by atoms with Crippen molar-refractivity contribution in [3.63, 3.8) is 0 Å². The minimum absolute atomic E-state index is 0.00109. The monoisotopic (exact) mass is 405 g/mol. The van der Waals surface area contributed by atoms with E-state index < -0.39 is 0 Å². The van der Waals surface area contributed by atoms with E-state index in [0.717, 1.165) is 24.9 Å². The Hall–Kier alpha value is -3.15. The zero-order valence-corrected chi connectivity index (χ0v) is 17.5. The maximum absolute atomic E-state index is 13.0. The highest BCUT2D eigenvalue weighted by atomic mass is 16.2. The first-order chi connectivity index (χ1) is 14.4. The number of rotatable bonds is 4. The maximum Gasteiger partial charge on any atom is 0.244 e. The molecule has 3 amide bonds. The maximum atomic E-state index is 13.0. The van der Waals surface area contributed by atoms with E-state index in [9.17, 15) is 14.4 Å². The normalized spacial score (nSPS) is 18.2. The summed E-state index contributed by atoms with van der Waals surface area (Å²) in [5.41, 5.74) is 4.94. The van der Waals surface area contributed by atoms with Crippen molar-refractivity contribution >= 4 is 29.1 Å². The smallest absolute Gasteiger partial charge is 0.244 e. The number of para-hydroxylation sites is 2. The molecule has 6 nitrogen and oxygen atoms in total. The molecule has 0 aliphatic carbocycles. The molecule has 2 aromatic rings. The third kappa shape index (κ3) is 3.95. The van der Waals surface area contributed by atoms with Crippen LogP contribution in [-0.4, -0.2) is 35.7 Å². The zero-order valence-electron chi connectivity index (χ0n) is 17.5. The van der Waals surface area contributed by atoms with Crippen LogP contribution in [0.1, 0.15) is 48.4 Å². The average Bonchev–Trinajstić information content (AvgIpc) is 3.23. The molecule has 0 spiro atoms. The van der Waals surface area contributed by atoms with Gasteiger partial charge in [0.25, 0.3) is 0 Å². The van der Waals surface area contributed by atoms with Crippen molar-refractivity contribution in [2.45, 2.75) is 45.6 Å². The van der Waals surface area contributed by atoms with Gasteiger partial charge in [-0.3, -0.25) is 14.4 Å². The highest BCUT2D eigenvalue weighted by Gasteiger charge is 2.31. The molecule has 2 aliphatic rings. The summed E-state index contributed by atoms with van der Waals surface area (Å²) in [6.07, 6.45) is 2.16. The Kier molecular flexibility index (Phi) is 5.57. The van der Waals surface area contributed by atoms with E-state index in [4.69, 9.17) is 0 Å². The summed E-state index contributed by atoms with van der Waals surface area (Å²) in [6, 6.07) is 13.7. The van der Waals surface area contributed by atoms with Crippen LogP contribution in [0.5, 0.6) is 0 Å². The Morgan fingerprint density at radius 3 is 2.60 bits per heavy atom. The van der Waals surface area contributed by atoms with Crippen molar-refractivity contribution in [2.24, 2.45) is 0 Å². The third-order valence-corrected chi connectivity index (χ3v) is 6.11. The number of amides is 3. The minimum atomic E-state index is -0.220. The number of anilines is 2. The summed E-state index contributed by atoms with van der Waals surface area (Å²) < 4.78 is 0. The molecule has 4 rings (SSSR count). The number of fused-ring (bicyclic) bond motifs is 1. The Morgan fingerprint density at radius 1 is 1.03 bits per heavy atom. The van der Waals surface area contributed by atoms with Crippen LogP contribution < -0.4 is 10.2 Å². The van der Waals surface area contributed by atoms with E-state index in [1.54, 1.807) is 6.07 Å². The number of nitrogens with one attached hydrogen (secondary N) is 1. The molecule has 0 bridgehead atoms. The quantitative estimate of drug-likeness (QED) is 0.843. The number of nitrogens with zero attached hydrogens (tertiary/aromatic N) is 2. The lowest BCUT2D eigenvalue weighted by atomic mass is 9.99. The molecule has 6 heteroatoms. The van der Waals surface area contributed by atoms with Crippen LogP contribution in [0.15, 0.2) is 42.5 Å². The van der Waals surface area contributed by atoms with Crippen molar-refractivity contribution in [3.05, 3.63) is 59.2 Å². The van der Waals surface area contributed by atoms with Gasteiger partial charge in [-0.1, -0.05) is 30.3 Å². The zero-order chi connectivity index (χ0) is 21.3. The van der Waals surface area contributed by atoms with Crippen LogP contribution in [0.4, 0.5) is 11.4 Å². The van der Waals surface area contributed by atoms with Crippen molar-refractivity contribution in [1.29, 1.82) is 0 Å². The summed E-state index contributed by atoms with van der Waals surface area (Å²) in [4.78, 5) is 41.1. The molecule has 2 aliphatic heterocycles. The van der Waals surface area contributed by atoms with Crippen molar-refractivity contribution in [1.82, 2.24) is 4.90 Å². The summed E-state index contributed by atoms with van der Waals surface area (Å²) >= 11 is 0. The predicted molar refractivity (Wildman–Crippen MR) is 116 cm³/mol. The molecule has 156 valence electrons. The van der Waals surface area contributed by atoms with E-state index in [-0.39, 0.29) is 43.1 Å². The molecule has 0 radical (unpaired) electrons.